The first-order valence-corrected chi connectivity index (χ1v) is 7.25. The highest BCUT2D eigenvalue weighted by atomic mass is 32.2. The highest BCUT2D eigenvalue weighted by Crippen LogP contribution is 2.29. The van der Waals surface area contributed by atoms with Crippen molar-refractivity contribution in [3.05, 3.63) is 29.3 Å². The van der Waals surface area contributed by atoms with E-state index < -0.39 is 10.0 Å². The zero-order valence-electron chi connectivity index (χ0n) is 11.1. The Balaban J connectivity index is 3.52. The maximum Gasteiger partial charge on any atom is 0.238 e. The van der Waals surface area contributed by atoms with Gasteiger partial charge in [-0.05, 0) is 28.5 Å². The summed E-state index contributed by atoms with van der Waals surface area (Å²) >= 11 is 0. The van der Waals surface area contributed by atoms with E-state index in [2.05, 4.69) is 0 Å². The topological polar surface area (TPSA) is 60.2 Å². The molecule has 0 radical (unpaired) electrons. The Morgan fingerprint density at radius 2 is 1.71 bits per heavy atom. The molecule has 0 atom stereocenters. The van der Waals surface area contributed by atoms with E-state index in [-0.39, 0.29) is 16.2 Å². The summed E-state index contributed by atoms with van der Waals surface area (Å²) < 4.78 is 23.2. The molecule has 0 saturated heterocycles. The van der Waals surface area contributed by atoms with E-state index >= 15 is 0 Å². The number of hydrogen-bond acceptors (Lipinski definition) is 2. The van der Waals surface area contributed by atoms with Gasteiger partial charge in [-0.25, -0.2) is 13.6 Å². The fourth-order valence-corrected chi connectivity index (χ4v) is 2.65. The molecule has 96 valence electrons. The molecule has 0 aliphatic heterocycles. The lowest BCUT2D eigenvalue weighted by molar-refractivity contribution is 0.581. The van der Waals surface area contributed by atoms with Crippen LogP contribution in [0.3, 0.4) is 0 Å². The van der Waals surface area contributed by atoms with Gasteiger partial charge in [0.1, 0.15) is 0 Å². The van der Waals surface area contributed by atoms with Crippen LogP contribution in [0.5, 0.6) is 0 Å². The summed E-state index contributed by atoms with van der Waals surface area (Å²) in [6.07, 6.45) is 0. The van der Waals surface area contributed by atoms with Gasteiger partial charge in [0.25, 0.3) is 0 Å². The summed E-state index contributed by atoms with van der Waals surface area (Å²) in [5.41, 5.74) is 1.67. The van der Waals surface area contributed by atoms with Crippen LogP contribution in [0.4, 0.5) is 0 Å². The lowest BCUT2D eigenvalue weighted by Crippen LogP contribution is -2.18. The van der Waals surface area contributed by atoms with E-state index in [1.807, 2.05) is 46.8 Å². The van der Waals surface area contributed by atoms with Gasteiger partial charge in [0.15, 0.2) is 0 Å². The first-order valence-electron chi connectivity index (χ1n) is 5.70. The lowest BCUT2D eigenvalue weighted by atomic mass is 9.86. The Morgan fingerprint density at radius 3 is 2.06 bits per heavy atom. The Kier molecular flexibility index (Phi) is 3.69. The third-order valence-electron chi connectivity index (χ3n) is 2.81. The van der Waals surface area contributed by atoms with Gasteiger partial charge in [-0.3, -0.25) is 0 Å². The van der Waals surface area contributed by atoms with Crippen LogP contribution >= 0.6 is 0 Å². The molecule has 0 saturated carbocycles. The molecule has 17 heavy (non-hydrogen) atoms. The van der Waals surface area contributed by atoms with Crippen LogP contribution in [-0.4, -0.2) is 8.42 Å². The molecule has 0 unspecified atom stereocenters. The molecular weight excluding hydrogens is 234 g/mol. The minimum Gasteiger partial charge on any atom is -0.225 e. The SMILES string of the molecule is CC(C)c1ccc(C(C)(C)C)cc1S(N)(=O)=O. The van der Waals surface area contributed by atoms with Crippen molar-refractivity contribution in [2.75, 3.05) is 0 Å². The Hall–Kier alpha value is -0.870. The van der Waals surface area contributed by atoms with Crippen molar-refractivity contribution >= 4 is 10.0 Å². The second-order valence-corrected chi connectivity index (χ2v) is 7.23. The number of primary sulfonamides is 1. The third-order valence-corrected chi connectivity index (χ3v) is 3.77. The van der Waals surface area contributed by atoms with E-state index in [4.69, 9.17) is 5.14 Å². The fourth-order valence-electron chi connectivity index (χ4n) is 1.72. The van der Waals surface area contributed by atoms with Gasteiger partial charge in [-0.15, -0.1) is 0 Å². The third kappa shape index (κ3) is 3.30. The number of hydrogen-bond donors (Lipinski definition) is 1. The maximum absolute atomic E-state index is 11.6. The summed E-state index contributed by atoms with van der Waals surface area (Å²) in [6.45, 7) is 10.1. The molecule has 2 N–H and O–H groups in total. The largest absolute Gasteiger partial charge is 0.238 e. The van der Waals surface area contributed by atoms with Crippen LogP contribution < -0.4 is 5.14 Å². The van der Waals surface area contributed by atoms with Crippen molar-refractivity contribution < 1.29 is 8.42 Å². The second kappa shape index (κ2) is 4.42. The molecule has 0 heterocycles. The average molecular weight is 255 g/mol. The van der Waals surface area contributed by atoms with Crippen molar-refractivity contribution in [2.24, 2.45) is 5.14 Å². The number of rotatable bonds is 2. The summed E-state index contributed by atoms with van der Waals surface area (Å²) in [4.78, 5) is 0.250. The van der Waals surface area contributed by atoms with Crippen LogP contribution in [0, 0.1) is 0 Å². The molecule has 1 rings (SSSR count). The predicted octanol–water partition coefficient (Wildman–Crippen LogP) is 2.75. The first-order chi connectivity index (χ1) is 7.53. The number of nitrogens with two attached hydrogens (primary N) is 1. The summed E-state index contributed by atoms with van der Waals surface area (Å²) in [5, 5.41) is 5.28. The molecule has 0 spiro atoms. The Bertz CT molecular complexity index is 511. The molecule has 0 aromatic heterocycles. The molecule has 0 aliphatic rings. The van der Waals surface area contributed by atoms with E-state index in [1.54, 1.807) is 6.07 Å². The van der Waals surface area contributed by atoms with Crippen molar-refractivity contribution in [1.82, 2.24) is 0 Å². The zero-order valence-corrected chi connectivity index (χ0v) is 11.9. The lowest BCUT2D eigenvalue weighted by Gasteiger charge is -2.21. The molecule has 3 nitrogen and oxygen atoms in total. The monoisotopic (exact) mass is 255 g/mol. The Morgan fingerprint density at radius 1 is 1.18 bits per heavy atom. The van der Waals surface area contributed by atoms with Gasteiger partial charge >= 0.3 is 0 Å². The number of benzene rings is 1. The standard InChI is InChI=1S/C13H21NO2S/c1-9(2)11-7-6-10(13(3,4)5)8-12(11)17(14,15)16/h6-9H,1-5H3,(H2,14,15,16). The van der Waals surface area contributed by atoms with E-state index in [9.17, 15) is 8.42 Å². The van der Waals surface area contributed by atoms with Crippen LogP contribution in [0.15, 0.2) is 23.1 Å². The van der Waals surface area contributed by atoms with Crippen molar-refractivity contribution in [2.45, 2.75) is 50.8 Å². The summed E-state index contributed by atoms with van der Waals surface area (Å²) in [7, 11) is -3.66. The van der Waals surface area contributed by atoms with E-state index in [0.29, 0.717) is 0 Å². The quantitative estimate of drug-likeness (QED) is 0.883. The van der Waals surface area contributed by atoms with Crippen molar-refractivity contribution in [3.63, 3.8) is 0 Å². The molecule has 0 amide bonds. The first kappa shape index (κ1) is 14.2. The van der Waals surface area contributed by atoms with Gasteiger partial charge in [-0.1, -0.05) is 46.8 Å². The van der Waals surface area contributed by atoms with Crippen LogP contribution in [0.2, 0.25) is 0 Å². The molecule has 4 heteroatoms. The molecular formula is C13H21NO2S. The zero-order chi connectivity index (χ0) is 13.4. The van der Waals surface area contributed by atoms with Crippen LogP contribution in [0.1, 0.15) is 51.7 Å². The molecule has 1 aromatic carbocycles. The predicted molar refractivity (Wildman–Crippen MR) is 70.6 cm³/mol. The van der Waals surface area contributed by atoms with Gasteiger partial charge in [0.05, 0.1) is 4.90 Å². The minimum atomic E-state index is -3.66. The van der Waals surface area contributed by atoms with Crippen LogP contribution in [-0.2, 0) is 15.4 Å². The van der Waals surface area contributed by atoms with E-state index in [1.165, 1.54) is 0 Å². The van der Waals surface area contributed by atoms with Gasteiger partial charge in [0, 0.05) is 0 Å². The van der Waals surface area contributed by atoms with Crippen molar-refractivity contribution in [3.8, 4) is 0 Å². The minimum absolute atomic E-state index is 0.0883. The second-order valence-electron chi connectivity index (χ2n) is 5.70. The average Bonchev–Trinajstić information content (AvgIpc) is 2.14. The molecule has 0 aliphatic carbocycles. The summed E-state index contributed by atoms with van der Waals surface area (Å²) in [5.74, 6) is 0.136. The van der Waals surface area contributed by atoms with E-state index in [0.717, 1.165) is 11.1 Å². The highest BCUT2D eigenvalue weighted by molar-refractivity contribution is 7.89. The molecule has 0 fully saturated rings. The number of sulfonamides is 1. The molecule has 1 aromatic rings. The normalized spacial score (nSPS) is 13.1. The van der Waals surface area contributed by atoms with Gasteiger partial charge < -0.3 is 0 Å². The smallest absolute Gasteiger partial charge is 0.225 e. The molecule has 0 bridgehead atoms. The summed E-state index contributed by atoms with van der Waals surface area (Å²) in [6, 6.07) is 5.54. The Labute approximate surface area is 104 Å². The van der Waals surface area contributed by atoms with Gasteiger partial charge in [-0.2, -0.15) is 0 Å². The highest BCUT2D eigenvalue weighted by Gasteiger charge is 2.21. The maximum atomic E-state index is 11.6. The van der Waals surface area contributed by atoms with Gasteiger partial charge in [0.2, 0.25) is 10.0 Å². The fraction of sp³-hybridized carbons (Fsp3) is 0.538. The van der Waals surface area contributed by atoms with Crippen molar-refractivity contribution in [1.29, 1.82) is 0 Å². The van der Waals surface area contributed by atoms with Crippen LogP contribution in [0.25, 0.3) is 0 Å².